The SMILES string of the molecule is O=C(O)C(CS)NS(=O)(=O)c1ccc(N2CCC(c3ccccc3)CC2)cc1. The molecule has 8 heteroatoms. The lowest BCUT2D eigenvalue weighted by Gasteiger charge is -2.34. The zero-order valence-corrected chi connectivity index (χ0v) is 17.1. The van der Waals surface area contributed by atoms with Crippen LogP contribution in [0.15, 0.2) is 59.5 Å². The molecular formula is C20H24N2O4S2. The number of rotatable bonds is 7. The summed E-state index contributed by atoms with van der Waals surface area (Å²) in [6.45, 7) is 1.81. The molecule has 0 saturated carbocycles. The molecule has 1 saturated heterocycles. The van der Waals surface area contributed by atoms with E-state index in [1.807, 2.05) is 6.07 Å². The molecule has 150 valence electrons. The predicted octanol–water partition coefficient (Wildman–Crippen LogP) is 2.73. The van der Waals surface area contributed by atoms with Crippen LogP contribution in [0.4, 0.5) is 5.69 Å². The molecule has 0 amide bonds. The summed E-state index contributed by atoms with van der Waals surface area (Å²) in [5, 5.41) is 9.02. The zero-order chi connectivity index (χ0) is 20.1. The number of nitrogens with one attached hydrogen (secondary N) is 1. The van der Waals surface area contributed by atoms with E-state index in [2.05, 4.69) is 46.5 Å². The van der Waals surface area contributed by atoms with Crippen molar-refractivity contribution in [2.24, 2.45) is 0 Å². The second-order valence-corrected chi connectivity index (χ2v) is 8.94. The van der Waals surface area contributed by atoms with Crippen molar-refractivity contribution in [3.05, 3.63) is 60.2 Å². The summed E-state index contributed by atoms with van der Waals surface area (Å²) in [5.41, 5.74) is 2.33. The Labute approximate surface area is 171 Å². The van der Waals surface area contributed by atoms with Gasteiger partial charge in [-0.3, -0.25) is 4.79 Å². The first-order valence-corrected chi connectivity index (χ1v) is 11.3. The molecule has 6 nitrogen and oxygen atoms in total. The van der Waals surface area contributed by atoms with Crippen molar-refractivity contribution in [3.63, 3.8) is 0 Å². The quantitative estimate of drug-likeness (QED) is 0.600. The minimum atomic E-state index is -3.91. The van der Waals surface area contributed by atoms with Gasteiger partial charge in [0.05, 0.1) is 4.90 Å². The molecule has 1 fully saturated rings. The fourth-order valence-corrected chi connectivity index (χ4v) is 5.01. The highest BCUT2D eigenvalue weighted by Gasteiger charge is 2.25. The van der Waals surface area contributed by atoms with Gasteiger partial charge in [0.1, 0.15) is 6.04 Å². The number of aliphatic carboxylic acids is 1. The third kappa shape index (κ3) is 4.87. The van der Waals surface area contributed by atoms with Gasteiger partial charge in [-0.15, -0.1) is 0 Å². The molecule has 2 N–H and O–H groups in total. The van der Waals surface area contributed by atoms with Gasteiger partial charge in [0.2, 0.25) is 10.0 Å². The summed E-state index contributed by atoms with van der Waals surface area (Å²) >= 11 is 3.88. The zero-order valence-electron chi connectivity index (χ0n) is 15.4. The number of carbonyl (C=O) groups is 1. The van der Waals surface area contributed by atoms with E-state index < -0.39 is 22.0 Å². The minimum Gasteiger partial charge on any atom is -0.480 e. The number of nitrogens with zero attached hydrogens (tertiary/aromatic N) is 1. The van der Waals surface area contributed by atoms with E-state index in [-0.39, 0.29) is 10.6 Å². The van der Waals surface area contributed by atoms with Crippen LogP contribution in [0.5, 0.6) is 0 Å². The number of hydrogen-bond donors (Lipinski definition) is 3. The maximum atomic E-state index is 12.4. The number of thiol groups is 1. The molecule has 2 aromatic rings. The van der Waals surface area contributed by atoms with E-state index in [0.717, 1.165) is 31.6 Å². The van der Waals surface area contributed by atoms with E-state index in [4.69, 9.17) is 5.11 Å². The van der Waals surface area contributed by atoms with Crippen molar-refractivity contribution in [2.75, 3.05) is 23.7 Å². The Kier molecular flexibility index (Phi) is 6.64. The van der Waals surface area contributed by atoms with E-state index in [1.165, 1.54) is 17.7 Å². The maximum Gasteiger partial charge on any atom is 0.322 e. The third-order valence-corrected chi connectivity index (χ3v) is 6.91. The molecule has 1 unspecified atom stereocenters. The van der Waals surface area contributed by atoms with Gasteiger partial charge >= 0.3 is 5.97 Å². The normalized spacial score (nSPS) is 16.7. The number of hydrogen-bond acceptors (Lipinski definition) is 5. The van der Waals surface area contributed by atoms with Crippen molar-refractivity contribution < 1.29 is 18.3 Å². The van der Waals surface area contributed by atoms with Crippen molar-refractivity contribution >= 4 is 34.3 Å². The van der Waals surface area contributed by atoms with Crippen LogP contribution < -0.4 is 9.62 Å². The van der Waals surface area contributed by atoms with Crippen molar-refractivity contribution in [3.8, 4) is 0 Å². The number of piperidine rings is 1. The lowest BCUT2D eigenvalue weighted by atomic mass is 9.89. The molecule has 0 radical (unpaired) electrons. The first-order chi connectivity index (χ1) is 13.4. The molecule has 1 aliphatic rings. The van der Waals surface area contributed by atoms with Crippen LogP contribution >= 0.6 is 12.6 Å². The van der Waals surface area contributed by atoms with Crippen LogP contribution in [0.25, 0.3) is 0 Å². The Hall–Kier alpha value is -2.03. The Morgan fingerprint density at radius 2 is 1.71 bits per heavy atom. The monoisotopic (exact) mass is 420 g/mol. The second kappa shape index (κ2) is 8.98. The summed E-state index contributed by atoms with van der Waals surface area (Å²) in [6.07, 6.45) is 2.10. The Morgan fingerprint density at radius 1 is 1.11 bits per heavy atom. The Morgan fingerprint density at radius 3 is 2.25 bits per heavy atom. The Balaban J connectivity index is 1.64. The first-order valence-electron chi connectivity index (χ1n) is 9.16. The number of benzene rings is 2. The van der Waals surface area contributed by atoms with Gasteiger partial charge in [0.15, 0.2) is 0 Å². The first kappa shape index (κ1) is 20.7. The number of carboxylic acid groups (broad SMARTS) is 1. The molecule has 1 atom stereocenters. The van der Waals surface area contributed by atoms with Crippen molar-refractivity contribution in [2.45, 2.75) is 29.7 Å². The van der Waals surface area contributed by atoms with Gasteiger partial charge in [0.25, 0.3) is 0 Å². The summed E-state index contributed by atoms with van der Waals surface area (Å²) in [6, 6.07) is 15.8. The van der Waals surface area contributed by atoms with Gasteiger partial charge in [0, 0.05) is 24.5 Å². The van der Waals surface area contributed by atoms with Crippen molar-refractivity contribution in [1.29, 1.82) is 0 Å². The summed E-state index contributed by atoms with van der Waals surface area (Å²) < 4.78 is 26.9. The molecule has 3 rings (SSSR count). The van der Waals surface area contributed by atoms with Crippen molar-refractivity contribution in [1.82, 2.24) is 4.72 Å². The lowest BCUT2D eigenvalue weighted by molar-refractivity contribution is -0.138. The third-order valence-electron chi connectivity index (χ3n) is 5.06. The second-order valence-electron chi connectivity index (χ2n) is 6.86. The highest BCUT2D eigenvalue weighted by Crippen LogP contribution is 2.30. The van der Waals surface area contributed by atoms with E-state index in [9.17, 15) is 13.2 Å². The topological polar surface area (TPSA) is 86.7 Å². The van der Waals surface area contributed by atoms with Gasteiger partial charge in [-0.25, -0.2) is 8.42 Å². The van der Waals surface area contributed by atoms with Gasteiger partial charge in [-0.2, -0.15) is 17.4 Å². The largest absolute Gasteiger partial charge is 0.480 e. The number of anilines is 1. The smallest absolute Gasteiger partial charge is 0.322 e. The summed E-state index contributed by atoms with van der Waals surface area (Å²) in [4.78, 5) is 13.3. The molecule has 28 heavy (non-hydrogen) atoms. The summed E-state index contributed by atoms with van der Waals surface area (Å²) in [5.74, 6) is -0.824. The molecular weight excluding hydrogens is 396 g/mol. The molecule has 2 aromatic carbocycles. The van der Waals surface area contributed by atoms with Crippen LogP contribution in [0.1, 0.15) is 24.3 Å². The molecule has 1 aliphatic heterocycles. The summed E-state index contributed by atoms with van der Waals surface area (Å²) in [7, 11) is -3.91. The molecule has 0 aliphatic carbocycles. The molecule has 1 heterocycles. The van der Waals surface area contributed by atoms with Crippen LogP contribution in [0.3, 0.4) is 0 Å². The van der Waals surface area contributed by atoms with Crippen LogP contribution in [0, 0.1) is 0 Å². The Bertz CT molecular complexity index is 894. The minimum absolute atomic E-state index is 0.0449. The van der Waals surface area contributed by atoms with Crippen LogP contribution in [0.2, 0.25) is 0 Å². The fraction of sp³-hybridized carbons (Fsp3) is 0.350. The van der Waals surface area contributed by atoms with E-state index in [0.29, 0.717) is 5.92 Å². The predicted molar refractivity (Wildman–Crippen MR) is 113 cm³/mol. The van der Waals surface area contributed by atoms with Crippen LogP contribution in [-0.2, 0) is 14.8 Å². The maximum absolute atomic E-state index is 12.4. The van der Waals surface area contributed by atoms with Crippen LogP contribution in [-0.4, -0.2) is 44.4 Å². The lowest BCUT2D eigenvalue weighted by Crippen LogP contribution is -2.42. The van der Waals surface area contributed by atoms with Gasteiger partial charge < -0.3 is 10.0 Å². The molecule has 0 bridgehead atoms. The number of sulfonamides is 1. The highest BCUT2D eigenvalue weighted by molar-refractivity contribution is 7.89. The van der Waals surface area contributed by atoms with E-state index >= 15 is 0 Å². The molecule has 0 spiro atoms. The highest BCUT2D eigenvalue weighted by atomic mass is 32.2. The average Bonchev–Trinajstić information content (AvgIpc) is 2.73. The van der Waals surface area contributed by atoms with E-state index in [1.54, 1.807) is 12.1 Å². The van der Waals surface area contributed by atoms with Gasteiger partial charge in [-0.05, 0) is 48.6 Å². The average molecular weight is 421 g/mol. The number of carboxylic acids is 1. The fourth-order valence-electron chi connectivity index (χ4n) is 3.45. The molecule has 0 aromatic heterocycles. The van der Waals surface area contributed by atoms with Gasteiger partial charge in [-0.1, -0.05) is 30.3 Å². The standard InChI is InChI=1S/C20H24N2O4S2/c23-20(24)19(14-27)21-28(25,26)18-8-6-17(7-9-18)22-12-10-16(11-13-22)15-4-2-1-3-5-15/h1-9,16,19,21,27H,10-14H2,(H,23,24).